The van der Waals surface area contributed by atoms with Gasteiger partial charge in [0.15, 0.2) is 6.10 Å². The number of halogens is 5. The van der Waals surface area contributed by atoms with Gasteiger partial charge < -0.3 is 9.84 Å². The average molecular weight is 447 g/mol. The molecule has 0 spiro atoms. The number of carbonyl (C=O) groups excluding carboxylic acids is 1. The lowest BCUT2D eigenvalue weighted by molar-refractivity contribution is -0.303. The topological polar surface area (TPSA) is 62.1 Å². The highest BCUT2D eigenvalue weighted by molar-refractivity contribution is 6.35. The SMILES string of the molecule is C[C@H](Oc1ccc(Cl)cc1Cl)C(=O)N1N=C(c2ccccc2)C[C@]1(O)C(F)(F)F. The Bertz CT molecular complexity index is 953. The van der Waals surface area contributed by atoms with Gasteiger partial charge >= 0.3 is 6.18 Å². The summed E-state index contributed by atoms with van der Waals surface area (Å²) in [5.41, 5.74) is -3.20. The standard InChI is InChI=1S/C19H15Cl2F3N2O3/c1-11(29-16-8-7-13(20)9-14(16)21)17(27)26-18(28,19(22,23)24)10-15(25-26)12-5-3-2-4-6-12/h2-9,11,28H,10H2,1H3/t11-,18-/m0/s1. The molecule has 0 aromatic heterocycles. The normalized spacial score (nSPS) is 20.4. The lowest BCUT2D eigenvalue weighted by Crippen LogP contribution is -2.58. The molecule has 1 aliphatic heterocycles. The molecule has 1 aliphatic rings. The molecule has 0 saturated carbocycles. The third-order valence-corrected chi connectivity index (χ3v) is 4.83. The first-order valence-electron chi connectivity index (χ1n) is 8.41. The van der Waals surface area contributed by atoms with E-state index in [4.69, 9.17) is 27.9 Å². The molecule has 0 saturated heterocycles. The van der Waals surface area contributed by atoms with Crippen LogP contribution in [0.3, 0.4) is 0 Å². The molecule has 5 nitrogen and oxygen atoms in total. The highest BCUT2D eigenvalue weighted by Gasteiger charge is 2.63. The second-order valence-electron chi connectivity index (χ2n) is 6.39. The second kappa shape index (κ2) is 7.85. The van der Waals surface area contributed by atoms with Gasteiger partial charge in [0.2, 0.25) is 0 Å². The maximum Gasteiger partial charge on any atom is 0.438 e. The Hall–Kier alpha value is -2.29. The molecule has 0 bridgehead atoms. The molecule has 2 aromatic rings. The summed E-state index contributed by atoms with van der Waals surface area (Å²) in [5, 5.41) is 14.6. The van der Waals surface area contributed by atoms with E-state index in [2.05, 4.69) is 5.10 Å². The smallest absolute Gasteiger partial charge is 0.438 e. The summed E-state index contributed by atoms with van der Waals surface area (Å²) in [6.07, 6.45) is -7.46. The van der Waals surface area contributed by atoms with Crippen molar-refractivity contribution in [3.63, 3.8) is 0 Å². The third-order valence-electron chi connectivity index (χ3n) is 4.30. The van der Waals surface area contributed by atoms with Crippen LogP contribution in [-0.4, -0.2) is 39.7 Å². The van der Waals surface area contributed by atoms with Crippen molar-refractivity contribution in [1.29, 1.82) is 0 Å². The number of nitrogens with zero attached hydrogens (tertiary/aromatic N) is 2. The number of hydrogen-bond donors (Lipinski definition) is 1. The zero-order valence-corrected chi connectivity index (χ0v) is 16.5. The summed E-state index contributed by atoms with van der Waals surface area (Å²) in [7, 11) is 0. The Kier molecular flexibility index (Phi) is 5.80. The summed E-state index contributed by atoms with van der Waals surface area (Å²) < 4.78 is 46.3. The number of hydrazone groups is 1. The van der Waals surface area contributed by atoms with Crippen LogP contribution in [-0.2, 0) is 4.79 Å². The van der Waals surface area contributed by atoms with Gasteiger partial charge in [0.1, 0.15) is 5.75 Å². The molecule has 1 amide bonds. The summed E-state index contributed by atoms with van der Waals surface area (Å²) in [5.74, 6) is -1.12. The molecular formula is C19H15Cl2F3N2O3. The lowest BCUT2D eigenvalue weighted by atomic mass is 10.0. The molecule has 0 unspecified atom stereocenters. The predicted molar refractivity (Wildman–Crippen MR) is 102 cm³/mol. The van der Waals surface area contributed by atoms with Crippen LogP contribution in [0.15, 0.2) is 53.6 Å². The van der Waals surface area contributed by atoms with Crippen LogP contribution >= 0.6 is 23.2 Å². The van der Waals surface area contributed by atoms with E-state index in [9.17, 15) is 23.1 Å². The van der Waals surface area contributed by atoms with E-state index in [1.807, 2.05) is 0 Å². The number of aliphatic hydroxyl groups is 1. The quantitative estimate of drug-likeness (QED) is 0.743. The van der Waals surface area contributed by atoms with Crippen molar-refractivity contribution in [1.82, 2.24) is 5.01 Å². The number of rotatable bonds is 4. The maximum atomic E-state index is 13.6. The monoisotopic (exact) mass is 446 g/mol. The summed E-state index contributed by atoms with van der Waals surface area (Å²) >= 11 is 11.8. The summed E-state index contributed by atoms with van der Waals surface area (Å²) in [6.45, 7) is 1.24. The first kappa shape index (κ1) is 21.4. The van der Waals surface area contributed by atoms with Gasteiger partial charge in [-0.05, 0) is 30.7 Å². The fourth-order valence-corrected chi connectivity index (χ4v) is 3.23. The van der Waals surface area contributed by atoms with Gasteiger partial charge in [0.05, 0.1) is 17.2 Å². The molecule has 10 heteroatoms. The highest BCUT2D eigenvalue weighted by atomic mass is 35.5. The number of benzene rings is 2. The third kappa shape index (κ3) is 4.19. The molecule has 1 heterocycles. The Morgan fingerprint density at radius 2 is 1.90 bits per heavy atom. The molecule has 154 valence electrons. The highest BCUT2D eigenvalue weighted by Crippen LogP contribution is 2.42. The van der Waals surface area contributed by atoms with E-state index < -0.39 is 30.3 Å². The molecular weight excluding hydrogens is 432 g/mol. The fourth-order valence-electron chi connectivity index (χ4n) is 2.77. The second-order valence-corrected chi connectivity index (χ2v) is 7.23. The van der Waals surface area contributed by atoms with Crippen molar-refractivity contribution >= 4 is 34.8 Å². The molecule has 3 rings (SSSR count). The minimum atomic E-state index is -5.14. The average Bonchev–Trinajstić information content (AvgIpc) is 3.03. The van der Waals surface area contributed by atoms with Crippen LogP contribution in [0.25, 0.3) is 0 Å². The lowest BCUT2D eigenvalue weighted by Gasteiger charge is -2.33. The van der Waals surface area contributed by atoms with E-state index in [1.165, 1.54) is 37.3 Å². The van der Waals surface area contributed by atoms with E-state index in [1.54, 1.807) is 18.2 Å². The number of carbonyl (C=O) groups is 1. The minimum absolute atomic E-state index is 0.0316. The number of ether oxygens (including phenoxy) is 1. The van der Waals surface area contributed by atoms with Crippen LogP contribution in [0.2, 0.25) is 10.0 Å². The Morgan fingerprint density at radius 1 is 1.24 bits per heavy atom. The van der Waals surface area contributed by atoms with Crippen LogP contribution in [0.4, 0.5) is 13.2 Å². The van der Waals surface area contributed by atoms with Crippen molar-refractivity contribution in [2.45, 2.75) is 31.3 Å². The molecule has 0 radical (unpaired) electrons. The van der Waals surface area contributed by atoms with Crippen molar-refractivity contribution in [3.05, 3.63) is 64.1 Å². The minimum Gasteiger partial charge on any atom is -0.479 e. The van der Waals surface area contributed by atoms with Crippen molar-refractivity contribution in [3.8, 4) is 5.75 Å². The number of hydrogen-bond acceptors (Lipinski definition) is 4. The van der Waals surface area contributed by atoms with Crippen LogP contribution in [0, 0.1) is 0 Å². The van der Waals surface area contributed by atoms with Gasteiger partial charge in [0, 0.05) is 5.02 Å². The summed E-state index contributed by atoms with van der Waals surface area (Å²) in [6, 6.07) is 12.2. The van der Waals surface area contributed by atoms with Crippen LogP contribution in [0.5, 0.6) is 5.75 Å². The first-order chi connectivity index (χ1) is 13.5. The predicted octanol–water partition coefficient (Wildman–Crippen LogP) is 4.65. The largest absolute Gasteiger partial charge is 0.479 e. The summed E-state index contributed by atoms with van der Waals surface area (Å²) in [4.78, 5) is 12.7. The van der Waals surface area contributed by atoms with E-state index in [0.29, 0.717) is 10.6 Å². The van der Waals surface area contributed by atoms with Crippen molar-refractivity contribution in [2.24, 2.45) is 5.10 Å². The van der Waals surface area contributed by atoms with E-state index in [0.717, 1.165) is 0 Å². The van der Waals surface area contributed by atoms with Gasteiger partial charge in [-0.1, -0.05) is 53.5 Å². The maximum absolute atomic E-state index is 13.6. The van der Waals surface area contributed by atoms with Gasteiger partial charge in [0.25, 0.3) is 11.6 Å². The fraction of sp³-hybridized carbons (Fsp3) is 0.263. The van der Waals surface area contributed by atoms with Crippen LogP contribution in [0.1, 0.15) is 18.9 Å². The van der Waals surface area contributed by atoms with Crippen molar-refractivity contribution in [2.75, 3.05) is 0 Å². The first-order valence-corrected chi connectivity index (χ1v) is 9.16. The molecule has 0 fully saturated rings. The van der Waals surface area contributed by atoms with E-state index >= 15 is 0 Å². The Balaban J connectivity index is 1.91. The molecule has 29 heavy (non-hydrogen) atoms. The van der Waals surface area contributed by atoms with Gasteiger partial charge in [-0.2, -0.15) is 23.3 Å². The molecule has 2 aromatic carbocycles. The molecule has 0 aliphatic carbocycles. The number of amides is 1. The molecule has 2 atom stereocenters. The Morgan fingerprint density at radius 3 is 2.48 bits per heavy atom. The Labute approximate surface area is 174 Å². The van der Waals surface area contributed by atoms with Crippen LogP contribution < -0.4 is 4.74 Å². The van der Waals surface area contributed by atoms with Gasteiger partial charge in [-0.15, -0.1) is 0 Å². The van der Waals surface area contributed by atoms with Gasteiger partial charge in [-0.25, -0.2) is 0 Å². The van der Waals surface area contributed by atoms with E-state index in [-0.39, 0.29) is 21.5 Å². The zero-order chi connectivity index (χ0) is 21.4. The van der Waals surface area contributed by atoms with Crippen molar-refractivity contribution < 1.29 is 27.8 Å². The molecule has 1 N–H and O–H groups in total. The zero-order valence-electron chi connectivity index (χ0n) is 15.0. The number of alkyl halides is 3. The van der Waals surface area contributed by atoms with Gasteiger partial charge in [-0.3, -0.25) is 4.79 Å².